The van der Waals surface area contributed by atoms with Gasteiger partial charge in [-0.05, 0) is 51.0 Å². The fourth-order valence-electron chi connectivity index (χ4n) is 4.22. The number of carbonyl (C=O) groups is 2. The zero-order chi connectivity index (χ0) is 19.5. The lowest BCUT2D eigenvalue weighted by Gasteiger charge is -2.27. The predicted molar refractivity (Wildman–Crippen MR) is 107 cm³/mol. The van der Waals surface area contributed by atoms with Crippen molar-refractivity contribution >= 4 is 11.8 Å². The minimum Gasteiger partial charge on any atom is -0.344 e. The highest BCUT2D eigenvalue weighted by atomic mass is 16.2. The van der Waals surface area contributed by atoms with Gasteiger partial charge in [-0.15, -0.1) is 0 Å². The second-order valence-corrected chi connectivity index (χ2v) is 7.80. The molecule has 1 unspecified atom stereocenters. The van der Waals surface area contributed by atoms with Crippen LogP contribution in [0.3, 0.4) is 0 Å². The molecule has 1 aromatic heterocycles. The Bertz CT molecular complexity index is 853. The summed E-state index contributed by atoms with van der Waals surface area (Å²) in [5, 5.41) is 3.05. The Kier molecular flexibility index (Phi) is 5.46. The van der Waals surface area contributed by atoms with Crippen LogP contribution in [-0.4, -0.2) is 39.4 Å². The Hall–Kier alpha value is -2.63. The van der Waals surface area contributed by atoms with E-state index in [1.807, 2.05) is 46.7 Å². The Morgan fingerprint density at radius 1 is 1.00 bits per heavy atom. The van der Waals surface area contributed by atoms with E-state index in [0.717, 1.165) is 63.0 Å². The first-order chi connectivity index (χ1) is 13.6. The number of amides is 2. The summed E-state index contributed by atoms with van der Waals surface area (Å²) in [6, 6.07) is 9.77. The highest BCUT2D eigenvalue weighted by Gasteiger charge is 2.30. The summed E-state index contributed by atoms with van der Waals surface area (Å²) in [6.07, 6.45) is 6.10. The zero-order valence-corrected chi connectivity index (χ0v) is 16.5. The number of fused-ring (bicyclic) bond motifs is 1. The van der Waals surface area contributed by atoms with Crippen molar-refractivity contribution in [2.24, 2.45) is 0 Å². The van der Waals surface area contributed by atoms with Crippen molar-refractivity contribution < 1.29 is 9.59 Å². The van der Waals surface area contributed by atoms with Crippen molar-refractivity contribution in [2.45, 2.75) is 58.0 Å². The normalized spacial score (nSPS) is 17.7. The molecule has 0 saturated carbocycles. The van der Waals surface area contributed by atoms with E-state index in [4.69, 9.17) is 0 Å². The molecule has 6 heteroatoms. The van der Waals surface area contributed by atoms with E-state index in [2.05, 4.69) is 10.3 Å². The van der Waals surface area contributed by atoms with Crippen LogP contribution >= 0.6 is 0 Å². The molecule has 3 heterocycles. The largest absolute Gasteiger partial charge is 0.344 e. The molecule has 6 nitrogen and oxygen atoms in total. The number of nitrogens with one attached hydrogen (secondary N) is 1. The molecule has 1 saturated heterocycles. The van der Waals surface area contributed by atoms with E-state index in [-0.39, 0.29) is 17.9 Å². The molecule has 0 bridgehead atoms. The number of rotatable bonds is 4. The maximum absolute atomic E-state index is 13.1. The number of piperidine rings is 1. The second kappa shape index (κ2) is 8.17. The Morgan fingerprint density at radius 2 is 1.71 bits per heavy atom. The van der Waals surface area contributed by atoms with Gasteiger partial charge in [0, 0.05) is 19.6 Å². The molecular formula is C22H28N4O2. The molecule has 28 heavy (non-hydrogen) atoms. The topological polar surface area (TPSA) is 67.2 Å². The van der Waals surface area contributed by atoms with Gasteiger partial charge in [0.2, 0.25) is 0 Å². The highest BCUT2D eigenvalue weighted by Crippen LogP contribution is 2.24. The van der Waals surface area contributed by atoms with Crippen molar-refractivity contribution in [3.05, 3.63) is 53.1 Å². The van der Waals surface area contributed by atoms with Gasteiger partial charge in [0.25, 0.3) is 11.8 Å². The summed E-state index contributed by atoms with van der Waals surface area (Å²) in [4.78, 5) is 32.5. The molecule has 4 rings (SSSR count). The van der Waals surface area contributed by atoms with Crippen molar-refractivity contribution in [1.29, 1.82) is 0 Å². The molecule has 2 aromatic rings. The van der Waals surface area contributed by atoms with Gasteiger partial charge in [-0.2, -0.15) is 0 Å². The Labute approximate surface area is 165 Å². The van der Waals surface area contributed by atoms with E-state index < -0.39 is 0 Å². The first-order valence-corrected chi connectivity index (χ1v) is 10.4. The molecular weight excluding hydrogens is 352 g/mol. The zero-order valence-electron chi connectivity index (χ0n) is 16.5. The van der Waals surface area contributed by atoms with Crippen LogP contribution in [0.5, 0.6) is 0 Å². The van der Waals surface area contributed by atoms with Crippen LogP contribution in [0.15, 0.2) is 30.3 Å². The summed E-state index contributed by atoms with van der Waals surface area (Å²) < 4.78 is 1.99. The third-order valence-electron chi connectivity index (χ3n) is 5.81. The third kappa shape index (κ3) is 3.68. The van der Waals surface area contributed by atoms with Crippen LogP contribution in [0.2, 0.25) is 0 Å². The van der Waals surface area contributed by atoms with E-state index in [9.17, 15) is 9.59 Å². The summed E-state index contributed by atoms with van der Waals surface area (Å²) in [7, 11) is 0. The average molecular weight is 380 g/mol. The molecule has 1 atom stereocenters. The van der Waals surface area contributed by atoms with Gasteiger partial charge in [0.1, 0.15) is 5.69 Å². The number of benzene rings is 1. The predicted octanol–water partition coefficient (Wildman–Crippen LogP) is 3.34. The minimum absolute atomic E-state index is 0.0296. The van der Waals surface area contributed by atoms with Gasteiger partial charge in [-0.3, -0.25) is 9.59 Å². The number of imidazole rings is 1. The maximum atomic E-state index is 13.1. The van der Waals surface area contributed by atoms with Gasteiger partial charge in [-0.25, -0.2) is 4.98 Å². The lowest BCUT2D eigenvalue weighted by molar-refractivity contribution is 0.0705. The first-order valence-electron chi connectivity index (χ1n) is 10.4. The molecule has 2 aliphatic heterocycles. The monoisotopic (exact) mass is 380 g/mol. The summed E-state index contributed by atoms with van der Waals surface area (Å²) >= 11 is 0. The van der Waals surface area contributed by atoms with Crippen LogP contribution in [0.1, 0.15) is 77.4 Å². The van der Waals surface area contributed by atoms with Crippen LogP contribution in [-0.2, 0) is 13.0 Å². The standard InChI is InChI=1S/C22H28N4O2/c1-16(17-10-4-2-5-11-17)23-21(27)19-18-12-6-9-15-26(18)20(24-19)22(28)25-13-7-3-8-14-25/h2,4-5,10-11,16H,3,6-9,12-15H2,1H3,(H,23,27). The number of nitrogens with zero attached hydrogens (tertiary/aromatic N) is 3. The van der Waals surface area contributed by atoms with Gasteiger partial charge in [0.15, 0.2) is 5.82 Å². The Balaban J connectivity index is 1.59. The summed E-state index contributed by atoms with van der Waals surface area (Å²) in [6.45, 7) is 4.30. The van der Waals surface area contributed by atoms with Crippen molar-refractivity contribution in [3.63, 3.8) is 0 Å². The van der Waals surface area contributed by atoms with Gasteiger partial charge < -0.3 is 14.8 Å². The Morgan fingerprint density at radius 3 is 2.46 bits per heavy atom. The molecule has 1 aromatic carbocycles. The lowest BCUT2D eigenvalue weighted by Crippen LogP contribution is -2.37. The van der Waals surface area contributed by atoms with Crippen molar-refractivity contribution in [3.8, 4) is 0 Å². The minimum atomic E-state index is -0.195. The lowest BCUT2D eigenvalue weighted by atomic mass is 10.1. The first kappa shape index (κ1) is 18.7. The van der Waals surface area contributed by atoms with Crippen LogP contribution in [0.25, 0.3) is 0 Å². The fraction of sp³-hybridized carbons (Fsp3) is 0.500. The SMILES string of the molecule is CC(NC(=O)c1nc(C(=O)N2CCCCC2)n2c1CCCC2)c1ccccc1. The second-order valence-electron chi connectivity index (χ2n) is 7.80. The molecule has 1 fully saturated rings. The molecule has 0 radical (unpaired) electrons. The van der Waals surface area contributed by atoms with Crippen LogP contribution in [0, 0.1) is 0 Å². The quantitative estimate of drug-likeness (QED) is 0.885. The molecule has 2 amide bonds. The van der Waals surface area contributed by atoms with Crippen molar-refractivity contribution in [1.82, 2.24) is 19.8 Å². The summed E-state index contributed by atoms with van der Waals surface area (Å²) in [5.41, 5.74) is 2.38. The number of hydrogen-bond acceptors (Lipinski definition) is 3. The van der Waals surface area contributed by atoms with Crippen LogP contribution < -0.4 is 5.32 Å². The summed E-state index contributed by atoms with van der Waals surface area (Å²) in [5.74, 6) is 0.215. The average Bonchev–Trinajstić information content (AvgIpc) is 3.14. The van der Waals surface area contributed by atoms with Crippen molar-refractivity contribution in [2.75, 3.05) is 13.1 Å². The number of aromatic nitrogens is 2. The molecule has 2 aliphatic rings. The van der Waals surface area contributed by atoms with E-state index >= 15 is 0 Å². The van der Waals surface area contributed by atoms with E-state index in [0.29, 0.717) is 11.5 Å². The number of carbonyl (C=O) groups excluding carboxylic acids is 2. The van der Waals surface area contributed by atoms with Gasteiger partial charge >= 0.3 is 0 Å². The van der Waals surface area contributed by atoms with Gasteiger partial charge in [-0.1, -0.05) is 30.3 Å². The maximum Gasteiger partial charge on any atom is 0.289 e. The highest BCUT2D eigenvalue weighted by molar-refractivity contribution is 5.97. The fourth-order valence-corrected chi connectivity index (χ4v) is 4.22. The number of likely N-dealkylation sites (tertiary alicyclic amines) is 1. The molecule has 0 aliphatic carbocycles. The van der Waals surface area contributed by atoms with E-state index in [1.165, 1.54) is 6.42 Å². The van der Waals surface area contributed by atoms with Crippen LogP contribution in [0.4, 0.5) is 0 Å². The molecule has 1 N–H and O–H groups in total. The third-order valence-corrected chi connectivity index (χ3v) is 5.81. The molecule has 148 valence electrons. The smallest absolute Gasteiger partial charge is 0.289 e. The molecule has 0 spiro atoms. The number of hydrogen-bond donors (Lipinski definition) is 1. The van der Waals surface area contributed by atoms with E-state index in [1.54, 1.807) is 0 Å². The van der Waals surface area contributed by atoms with Gasteiger partial charge in [0.05, 0.1) is 11.7 Å².